The fourth-order valence-electron chi connectivity index (χ4n) is 2.04. The molecule has 3 heteroatoms. The highest BCUT2D eigenvalue weighted by molar-refractivity contribution is 5.52. The van der Waals surface area contributed by atoms with E-state index in [-0.39, 0.29) is 5.92 Å². The van der Waals surface area contributed by atoms with Crippen LogP contribution in [-0.2, 0) is 4.79 Å². The minimum Gasteiger partial charge on any atom is -0.493 e. The Bertz CT molecular complexity index is 410. The first-order valence-electron chi connectivity index (χ1n) is 6.52. The van der Waals surface area contributed by atoms with Crippen molar-refractivity contribution in [3.05, 3.63) is 23.8 Å². The molecule has 98 valence electrons. The van der Waals surface area contributed by atoms with Gasteiger partial charge < -0.3 is 14.3 Å². The second-order valence-electron chi connectivity index (χ2n) is 4.88. The predicted octanol–water partition coefficient (Wildman–Crippen LogP) is 3.32. The van der Waals surface area contributed by atoms with Crippen LogP contribution in [0.3, 0.4) is 0 Å². The van der Waals surface area contributed by atoms with E-state index in [1.54, 1.807) is 7.11 Å². The molecule has 0 bridgehead atoms. The quantitative estimate of drug-likeness (QED) is 0.724. The second kappa shape index (κ2) is 5.89. The number of carbonyl (C=O) groups excluding carboxylic acids is 1. The number of hydrogen-bond donors (Lipinski definition) is 0. The van der Waals surface area contributed by atoms with E-state index in [1.165, 1.54) is 6.42 Å². The van der Waals surface area contributed by atoms with Crippen molar-refractivity contribution in [2.75, 3.05) is 7.11 Å². The molecule has 1 aliphatic carbocycles. The number of carbonyl (C=O) groups is 1. The maximum Gasteiger partial charge on any atom is 0.161 e. The van der Waals surface area contributed by atoms with Crippen LogP contribution >= 0.6 is 0 Å². The van der Waals surface area contributed by atoms with Crippen LogP contribution in [-0.4, -0.2) is 19.5 Å². The number of methoxy groups -OCH3 is 1. The Morgan fingerprint density at radius 1 is 1.39 bits per heavy atom. The number of ether oxygens (including phenoxy) is 2. The number of benzene rings is 1. The van der Waals surface area contributed by atoms with Crippen LogP contribution in [0.1, 0.15) is 44.1 Å². The summed E-state index contributed by atoms with van der Waals surface area (Å²) >= 11 is 0. The molecule has 1 aromatic carbocycles. The summed E-state index contributed by atoms with van der Waals surface area (Å²) in [7, 11) is 1.65. The van der Waals surface area contributed by atoms with E-state index in [9.17, 15) is 4.79 Å². The second-order valence-corrected chi connectivity index (χ2v) is 4.88. The molecule has 0 amide bonds. The summed E-state index contributed by atoms with van der Waals surface area (Å²) in [6.45, 7) is 2.04. The topological polar surface area (TPSA) is 35.5 Å². The molecule has 0 saturated heterocycles. The van der Waals surface area contributed by atoms with Crippen LogP contribution in [0.15, 0.2) is 18.2 Å². The Hall–Kier alpha value is -1.51. The van der Waals surface area contributed by atoms with Gasteiger partial charge in [0, 0.05) is 6.42 Å². The summed E-state index contributed by atoms with van der Waals surface area (Å²) in [5.41, 5.74) is 1.12. The lowest BCUT2D eigenvalue weighted by molar-refractivity contribution is -0.108. The summed E-state index contributed by atoms with van der Waals surface area (Å²) in [4.78, 5) is 10.6. The van der Waals surface area contributed by atoms with E-state index in [0.29, 0.717) is 12.5 Å². The molecule has 2 rings (SSSR count). The van der Waals surface area contributed by atoms with Crippen LogP contribution in [0, 0.1) is 0 Å². The smallest absolute Gasteiger partial charge is 0.161 e. The molecule has 18 heavy (non-hydrogen) atoms. The summed E-state index contributed by atoms with van der Waals surface area (Å²) in [5, 5.41) is 0. The van der Waals surface area contributed by atoms with Gasteiger partial charge in [0.1, 0.15) is 6.29 Å². The van der Waals surface area contributed by atoms with Crippen molar-refractivity contribution in [1.29, 1.82) is 0 Å². The van der Waals surface area contributed by atoms with Crippen LogP contribution in [0.25, 0.3) is 0 Å². The Balaban J connectivity index is 2.17. The SMILES string of the molecule is COc1ccc(C(C)CC=O)cc1OC1CCC1. The molecule has 0 radical (unpaired) electrons. The molecular weight excluding hydrogens is 228 g/mol. The Morgan fingerprint density at radius 2 is 2.17 bits per heavy atom. The third-order valence-electron chi connectivity index (χ3n) is 3.55. The molecule has 3 nitrogen and oxygen atoms in total. The van der Waals surface area contributed by atoms with Crippen LogP contribution in [0.2, 0.25) is 0 Å². The van der Waals surface area contributed by atoms with Crippen LogP contribution < -0.4 is 9.47 Å². The maximum atomic E-state index is 10.6. The molecule has 1 atom stereocenters. The molecule has 1 saturated carbocycles. The molecule has 1 fully saturated rings. The van der Waals surface area contributed by atoms with E-state index in [1.807, 2.05) is 25.1 Å². The van der Waals surface area contributed by atoms with Crippen molar-refractivity contribution < 1.29 is 14.3 Å². The highest BCUT2D eigenvalue weighted by Gasteiger charge is 2.21. The van der Waals surface area contributed by atoms with Gasteiger partial charge in [-0.1, -0.05) is 13.0 Å². The monoisotopic (exact) mass is 248 g/mol. The van der Waals surface area contributed by atoms with Gasteiger partial charge in [-0.2, -0.15) is 0 Å². The summed E-state index contributed by atoms with van der Waals surface area (Å²) < 4.78 is 11.2. The van der Waals surface area contributed by atoms with Crippen molar-refractivity contribution >= 4 is 6.29 Å². The normalized spacial score (nSPS) is 16.8. The Morgan fingerprint density at radius 3 is 2.72 bits per heavy atom. The van der Waals surface area contributed by atoms with Gasteiger partial charge in [0.15, 0.2) is 11.5 Å². The average molecular weight is 248 g/mol. The summed E-state index contributed by atoms with van der Waals surface area (Å²) in [5.74, 6) is 1.79. The predicted molar refractivity (Wildman–Crippen MR) is 70.4 cm³/mol. The Kier molecular flexibility index (Phi) is 4.24. The highest BCUT2D eigenvalue weighted by atomic mass is 16.5. The molecule has 0 spiro atoms. The van der Waals surface area contributed by atoms with Crippen molar-refractivity contribution in [2.45, 2.75) is 44.6 Å². The van der Waals surface area contributed by atoms with Crippen molar-refractivity contribution in [3.63, 3.8) is 0 Å². The molecule has 1 aliphatic rings. The van der Waals surface area contributed by atoms with Gasteiger partial charge in [0.25, 0.3) is 0 Å². The number of aldehydes is 1. The van der Waals surface area contributed by atoms with Crippen molar-refractivity contribution in [1.82, 2.24) is 0 Å². The van der Waals surface area contributed by atoms with E-state index in [2.05, 4.69) is 0 Å². The van der Waals surface area contributed by atoms with Gasteiger partial charge in [0.2, 0.25) is 0 Å². The van der Waals surface area contributed by atoms with Gasteiger partial charge in [0.05, 0.1) is 13.2 Å². The standard InChI is InChI=1S/C15H20O3/c1-11(8-9-16)12-6-7-14(17-2)15(10-12)18-13-4-3-5-13/h6-7,9-11,13H,3-5,8H2,1-2H3. The minimum atomic E-state index is 0.220. The van der Waals surface area contributed by atoms with E-state index in [0.717, 1.165) is 36.2 Å². The van der Waals surface area contributed by atoms with E-state index < -0.39 is 0 Å². The largest absolute Gasteiger partial charge is 0.493 e. The van der Waals surface area contributed by atoms with Gasteiger partial charge in [-0.05, 0) is 42.9 Å². The maximum absolute atomic E-state index is 10.6. The molecular formula is C15H20O3. The van der Waals surface area contributed by atoms with Crippen molar-refractivity contribution in [2.24, 2.45) is 0 Å². The minimum absolute atomic E-state index is 0.220. The van der Waals surface area contributed by atoms with Gasteiger partial charge >= 0.3 is 0 Å². The first-order chi connectivity index (χ1) is 8.74. The zero-order valence-electron chi connectivity index (χ0n) is 11.0. The average Bonchev–Trinajstić information content (AvgIpc) is 2.34. The molecule has 1 aromatic rings. The van der Waals surface area contributed by atoms with Gasteiger partial charge in [-0.15, -0.1) is 0 Å². The molecule has 0 aliphatic heterocycles. The van der Waals surface area contributed by atoms with E-state index >= 15 is 0 Å². The molecule has 0 aromatic heterocycles. The van der Waals surface area contributed by atoms with Crippen LogP contribution in [0.4, 0.5) is 0 Å². The molecule has 0 heterocycles. The summed E-state index contributed by atoms with van der Waals surface area (Å²) in [6, 6.07) is 5.93. The fraction of sp³-hybridized carbons (Fsp3) is 0.533. The first-order valence-corrected chi connectivity index (χ1v) is 6.52. The Labute approximate surface area is 108 Å². The first kappa shape index (κ1) is 12.9. The molecule has 0 N–H and O–H groups in total. The van der Waals surface area contributed by atoms with E-state index in [4.69, 9.17) is 9.47 Å². The van der Waals surface area contributed by atoms with Gasteiger partial charge in [-0.25, -0.2) is 0 Å². The lowest BCUT2D eigenvalue weighted by Crippen LogP contribution is -2.24. The third kappa shape index (κ3) is 2.84. The number of rotatable bonds is 6. The lowest BCUT2D eigenvalue weighted by atomic mass is 9.95. The number of hydrogen-bond acceptors (Lipinski definition) is 3. The highest BCUT2D eigenvalue weighted by Crippen LogP contribution is 2.35. The zero-order chi connectivity index (χ0) is 13.0. The third-order valence-corrected chi connectivity index (χ3v) is 3.55. The van der Waals surface area contributed by atoms with Crippen LogP contribution in [0.5, 0.6) is 11.5 Å². The fourth-order valence-corrected chi connectivity index (χ4v) is 2.04. The molecule has 1 unspecified atom stereocenters. The zero-order valence-corrected chi connectivity index (χ0v) is 11.0. The van der Waals surface area contributed by atoms with Crippen molar-refractivity contribution in [3.8, 4) is 11.5 Å². The lowest BCUT2D eigenvalue weighted by Gasteiger charge is -2.27. The van der Waals surface area contributed by atoms with Gasteiger partial charge in [-0.3, -0.25) is 0 Å². The summed E-state index contributed by atoms with van der Waals surface area (Å²) in [6.07, 6.45) is 5.31.